The minimum Gasteiger partial charge on any atom is -0.484 e. The molecule has 1 aromatic heterocycles. The first kappa shape index (κ1) is 19.7. The number of rotatable bonds is 9. The number of carbonyl (C=O) groups excluding carboxylic acids is 1. The van der Waals surface area contributed by atoms with Gasteiger partial charge in [-0.05, 0) is 38.1 Å². The number of alkyl halides is 3. The Labute approximate surface area is 149 Å². The first-order valence-electron chi connectivity index (χ1n) is 8.15. The Morgan fingerprint density at radius 1 is 1.35 bits per heavy atom. The van der Waals surface area contributed by atoms with Crippen LogP contribution in [0.3, 0.4) is 0 Å². The molecule has 2 aromatic rings. The van der Waals surface area contributed by atoms with Crippen LogP contribution in [-0.2, 0) is 4.74 Å². The zero-order valence-electron chi connectivity index (χ0n) is 14.4. The van der Waals surface area contributed by atoms with Gasteiger partial charge in [-0.1, -0.05) is 6.58 Å². The highest BCUT2D eigenvalue weighted by molar-refractivity contribution is 6.06. The summed E-state index contributed by atoms with van der Waals surface area (Å²) in [5.41, 5.74) is 1.36. The van der Waals surface area contributed by atoms with Crippen molar-refractivity contribution in [2.45, 2.75) is 25.9 Å². The normalized spacial score (nSPS) is 11.4. The molecule has 26 heavy (non-hydrogen) atoms. The maximum Gasteiger partial charge on any atom is 0.422 e. The van der Waals surface area contributed by atoms with Gasteiger partial charge >= 0.3 is 12.1 Å². The first-order valence-corrected chi connectivity index (χ1v) is 8.15. The molecular formula is C18H21F3N2O3. The Balaban J connectivity index is 2.07. The van der Waals surface area contributed by atoms with Crippen molar-refractivity contribution in [1.29, 1.82) is 0 Å². The van der Waals surface area contributed by atoms with E-state index in [4.69, 9.17) is 9.47 Å². The zero-order valence-corrected chi connectivity index (χ0v) is 14.4. The Kier molecular flexibility index (Phi) is 6.54. The minimum absolute atomic E-state index is 0.0824. The number of unbranched alkanes of at least 4 members (excludes halogenated alkanes) is 1. The molecular weight excluding hydrogens is 349 g/mol. The number of hydrogen-bond donors (Lipinski definition) is 2. The van der Waals surface area contributed by atoms with Gasteiger partial charge in [-0.2, -0.15) is 13.2 Å². The van der Waals surface area contributed by atoms with Gasteiger partial charge in [0.1, 0.15) is 5.75 Å². The maximum absolute atomic E-state index is 12.4. The number of H-pyrrole nitrogens is 1. The number of hydrogen-bond acceptors (Lipinski definition) is 4. The van der Waals surface area contributed by atoms with Gasteiger partial charge in [0.25, 0.3) is 0 Å². The molecule has 0 saturated heterocycles. The molecule has 1 heterocycles. The highest BCUT2D eigenvalue weighted by Gasteiger charge is 2.29. The van der Waals surface area contributed by atoms with E-state index < -0.39 is 18.8 Å². The molecule has 0 unspecified atom stereocenters. The monoisotopic (exact) mass is 370 g/mol. The number of halogens is 3. The fourth-order valence-electron chi connectivity index (χ4n) is 2.53. The summed E-state index contributed by atoms with van der Waals surface area (Å²) in [6, 6.07) is 3.02. The van der Waals surface area contributed by atoms with E-state index in [0.717, 1.165) is 13.0 Å². The Morgan fingerprint density at radius 3 is 2.81 bits per heavy atom. The van der Waals surface area contributed by atoms with Crippen LogP contribution in [0.4, 0.5) is 13.2 Å². The van der Waals surface area contributed by atoms with E-state index in [0.29, 0.717) is 22.9 Å². The van der Waals surface area contributed by atoms with Crippen LogP contribution in [0, 0.1) is 6.92 Å². The maximum atomic E-state index is 12.4. The summed E-state index contributed by atoms with van der Waals surface area (Å²) in [7, 11) is 0. The summed E-state index contributed by atoms with van der Waals surface area (Å²) in [6.07, 6.45) is 0.170. The molecule has 0 radical (unpaired) electrons. The van der Waals surface area contributed by atoms with Crippen LogP contribution < -0.4 is 10.1 Å². The van der Waals surface area contributed by atoms with E-state index >= 15 is 0 Å². The Hall–Kier alpha value is -2.64. The van der Waals surface area contributed by atoms with Gasteiger partial charge in [-0.3, -0.25) is 0 Å². The molecule has 0 amide bonds. The molecule has 5 nitrogen and oxygen atoms in total. The van der Waals surface area contributed by atoms with E-state index in [9.17, 15) is 18.0 Å². The highest BCUT2D eigenvalue weighted by atomic mass is 19.4. The number of ether oxygens (including phenoxy) is 2. The SMILES string of the molecule is C=CNCCCCOC(=O)c1c[nH]c2ccc(OCC(F)(F)F)c(C)c12. The number of carbonyl (C=O) groups is 1. The number of nitrogens with one attached hydrogen (secondary N) is 2. The van der Waals surface area contributed by atoms with Crippen LogP contribution in [0.1, 0.15) is 28.8 Å². The van der Waals surface area contributed by atoms with Crippen LogP contribution in [0.5, 0.6) is 5.75 Å². The van der Waals surface area contributed by atoms with Gasteiger partial charge in [0, 0.05) is 29.2 Å². The van der Waals surface area contributed by atoms with Crippen molar-refractivity contribution in [2.24, 2.45) is 0 Å². The van der Waals surface area contributed by atoms with E-state index in [-0.39, 0.29) is 17.9 Å². The molecule has 0 aliphatic carbocycles. The third-order valence-electron chi connectivity index (χ3n) is 3.76. The molecule has 0 fully saturated rings. The lowest BCUT2D eigenvalue weighted by molar-refractivity contribution is -0.153. The number of aromatic nitrogens is 1. The van der Waals surface area contributed by atoms with Crippen molar-refractivity contribution >= 4 is 16.9 Å². The molecule has 0 saturated carbocycles. The predicted molar refractivity (Wildman–Crippen MR) is 92.3 cm³/mol. The average Bonchev–Trinajstić information content (AvgIpc) is 3.01. The van der Waals surface area contributed by atoms with Crippen molar-refractivity contribution in [3.05, 3.63) is 42.2 Å². The van der Waals surface area contributed by atoms with Crippen LogP contribution in [0.25, 0.3) is 10.9 Å². The number of esters is 1. The van der Waals surface area contributed by atoms with Crippen molar-refractivity contribution in [3.63, 3.8) is 0 Å². The first-order chi connectivity index (χ1) is 12.3. The van der Waals surface area contributed by atoms with Gasteiger partial charge in [-0.25, -0.2) is 4.79 Å². The lowest BCUT2D eigenvalue weighted by Gasteiger charge is -2.12. The lowest BCUT2D eigenvalue weighted by atomic mass is 10.1. The van der Waals surface area contributed by atoms with Crippen molar-refractivity contribution < 1.29 is 27.4 Å². The highest BCUT2D eigenvalue weighted by Crippen LogP contribution is 2.31. The van der Waals surface area contributed by atoms with Gasteiger partial charge in [0.15, 0.2) is 6.61 Å². The molecule has 2 rings (SSSR count). The average molecular weight is 370 g/mol. The molecule has 8 heteroatoms. The molecule has 1 aromatic carbocycles. The van der Waals surface area contributed by atoms with Gasteiger partial charge in [0.05, 0.1) is 12.2 Å². The molecule has 0 spiro atoms. The van der Waals surface area contributed by atoms with Crippen molar-refractivity contribution in [2.75, 3.05) is 19.8 Å². The second kappa shape index (κ2) is 8.64. The standard InChI is InChI=1S/C18H21F3N2O3/c1-3-22-8-4-5-9-25-17(24)13-10-23-14-6-7-15(12(2)16(13)14)26-11-18(19,20)21/h3,6-7,10,22-23H,1,4-5,8-9,11H2,2H3. The summed E-state index contributed by atoms with van der Waals surface area (Å²) in [6.45, 7) is 4.76. The fourth-order valence-corrected chi connectivity index (χ4v) is 2.53. The van der Waals surface area contributed by atoms with Crippen LogP contribution >= 0.6 is 0 Å². The predicted octanol–water partition coefficient (Wildman–Crippen LogP) is 4.09. The minimum atomic E-state index is -4.43. The smallest absolute Gasteiger partial charge is 0.422 e. The Morgan fingerprint density at radius 2 is 2.12 bits per heavy atom. The van der Waals surface area contributed by atoms with Crippen molar-refractivity contribution in [1.82, 2.24) is 10.3 Å². The van der Waals surface area contributed by atoms with Crippen LogP contribution in [-0.4, -0.2) is 36.9 Å². The fraction of sp³-hybridized carbons (Fsp3) is 0.389. The molecule has 0 atom stereocenters. The summed E-state index contributed by atoms with van der Waals surface area (Å²) < 4.78 is 47.2. The van der Waals surface area contributed by atoms with Crippen molar-refractivity contribution in [3.8, 4) is 5.75 Å². The van der Waals surface area contributed by atoms with Gasteiger partial charge in [0.2, 0.25) is 0 Å². The third kappa shape index (κ3) is 5.18. The molecule has 0 bridgehead atoms. The number of aromatic amines is 1. The van der Waals surface area contributed by atoms with Gasteiger partial charge in [-0.15, -0.1) is 0 Å². The lowest BCUT2D eigenvalue weighted by Crippen LogP contribution is -2.19. The molecule has 2 N–H and O–H groups in total. The molecule has 142 valence electrons. The number of fused-ring (bicyclic) bond motifs is 1. The van der Waals surface area contributed by atoms with Crippen LogP contribution in [0.2, 0.25) is 0 Å². The zero-order chi connectivity index (χ0) is 19.2. The largest absolute Gasteiger partial charge is 0.484 e. The van der Waals surface area contributed by atoms with E-state index in [1.165, 1.54) is 12.3 Å². The summed E-state index contributed by atoms with van der Waals surface area (Å²) in [4.78, 5) is 15.2. The molecule has 0 aliphatic heterocycles. The summed E-state index contributed by atoms with van der Waals surface area (Å²) in [5.74, 6) is -0.442. The Bertz CT molecular complexity index is 769. The quantitative estimate of drug-likeness (QED) is 0.516. The third-order valence-corrected chi connectivity index (χ3v) is 3.76. The topological polar surface area (TPSA) is 63.3 Å². The number of benzene rings is 1. The van der Waals surface area contributed by atoms with E-state index in [1.807, 2.05) is 0 Å². The van der Waals surface area contributed by atoms with Crippen LogP contribution in [0.15, 0.2) is 31.1 Å². The van der Waals surface area contributed by atoms with Gasteiger partial charge < -0.3 is 19.8 Å². The van der Waals surface area contributed by atoms with E-state index in [2.05, 4.69) is 16.9 Å². The second-order valence-corrected chi connectivity index (χ2v) is 5.72. The van der Waals surface area contributed by atoms with E-state index in [1.54, 1.807) is 19.2 Å². The number of aryl methyl sites for hydroxylation is 1. The molecule has 0 aliphatic rings. The summed E-state index contributed by atoms with van der Waals surface area (Å²) >= 11 is 0. The second-order valence-electron chi connectivity index (χ2n) is 5.72. The summed E-state index contributed by atoms with van der Waals surface area (Å²) in [5, 5.41) is 3.45.